The molecule has 0 spiro atoms. The van der Waals surface area contributed by atoms with Crippen molar-refractivity contribution in [1.82, 2.24) is 4.98 Å². The Morgan fingerprint density at radius 3 is 2.94 bits per heavy atom. The van der Waals surface area contributed by atoms with Crippen LogP contribution in [0.4, 0.5) is 0 Å². The minimum absolute atomic E-state index is 0.182. The summed E-state index contributed by atoms with van der Waals surface area (Å²) in [5.74, 6) is -0.182. The zero-order valence-corrected chi connectivity index (χ0v) is 10.1. The molecule has 1 aromatic carbocycles. The number of pyridine rings is 1. The van der Waals surface area contributed by atoms with E-state index < -0.39 is 0 Å². The van der Waals surface area contributed by atoms with Gasteiger partial charge in [0, 0.05) is 11.6 Å². The van der Waals surface area contributed by atoms with Gasteiger partial charge in [-0.25, -0.2) is 0 Å². The molecule has 17 heavy (non-hydrogen) atoms. The third-order valence-corrected chi connectivity index (χ3v) is 2.81. The lowest BCUT2D eigenvalue weighted by Gasteiger charge is -2.08. The first-order valence-corrected chi connectivity index (χ1v) is 5.71. The van der Waals surface area contributed by atoms with Crippen LogP contribution in [-0.2, 0) is 16.0 Å². The van der Waals surface area contributed by atoms with E-state index >= 15 is 0 Å². The highest BCUT2D eigenvalue weighted by atomic mass is 16.5. The Balaban J connectivity index is 2.36. The maximum absolute atomic E-state index is 11.5. The van der Waals surface area contributed by atoms with Crippen LogP contribution in [0.25, 0.3) is 10.9 Å². The van der Waals surface area contributed by atoms with Crippen molar-refractivity contribution in [3.05, 3.63) is 41.6 Å². The number of hydrogen-bond donors (Lipinski definition) is 0. The number of ether oxygens (including phenoxy) is 1. The van der Waals surface area contributed by atoms with E-state index in [2.05, 4.69) is 4.98 Å². The van der Waals surface area contributed by atoms with Gasteiger partial charge in [-0.1, -0.05) is 12.1 Å². The number of esters is 1. The van der Waals surface area contributed by atoms with E-state index in [1.807, 2.05) is 38.1 Å². The van der Waals surface area contributed by atoms with Gasteiger partial charge in [0.1, 0.15) is 0 Å². The molecule has 3 nitrogen and oxygen atoms in total. The Morgan fingerprint density at radius 2 is 2.18 bits per heavy atom. The molecule has 3 heteroatoms. The maximum atomic E-state index is 11.5. The van der Waals surface area contributed by atoms with Gasteiger partial charge in [0.2, 0.25) is 0 Å². The lowest BCUT2D eigenvalue weighted by atomic mass is 10.0. The minimum Gasteiger partial charge on any atom is -0.466 e. The van der Waals surface area contributed by atoms with Gasteiger partial charge in [0.15, 0.2) is 0 Å². The highest BCUT2D eigenvalue weighted by Gasteiger charge is 2.09. The Bertz CT molecular complexity index is 549. The molecule has 2 aromatic rings. The van der Waals surface area contributed by atoms with Gasteiger partial charge in [-0.15, -0.1) is 0 Å². The molecule has 0 N–H and O–H groups in total. The van der Waals surface area contributed by atoms with Gasteiger partial charge in [0.25, 0.3) is 0 Å². The molecule has 1 aromatic heterocycles. The standard InChI is InChI=1S/C14H15NO2/c1-3-17-14(16)9-11-6-7-13-12(10(11)2)5-4-8-15-13/h4-8H,3,9H2,1-2H3. The van der Waals surface area contributed by atoms with E-state index in [0.29, 0.717) is 13.0 Å². The fourth-order valence-electron chi connectivity index (χ4n) is 1.90. The predicted molar refractivity (Wildman–Crippen MR) is 66.8 cm³/mol. The number of fused-ring (bicyclic) bond motifs is 1. The first-order valence-electron chi connectivity index (χ1n) is 5.71. The van der Waals surface area contributed by atoms with Crippen LogP contribution in [0.2, 0.25) is 0 Å². The van der Waals surface area contributed by atoms with E-state index in [9.17, 15) is 4.79 Å². The van der Waals surface area contributed by atoms with Crippen LogP contribution >= 0.6 is 0 Å². The van der Waals surface area contributed by atoms with Gasteiger partial charge in [-0.3, -0.25) is 9.78 Å². The highest BCUT2D eigenvalue weighted by molar-refractivity contribution is 5.84. The summed E-state index contributed by atoms with van der Waals surface area (Å²) in [5, 5.41) is 1.09. The van der Waals surface area contributed by atoms with Gasteiger partial charge in [-0.05, 0) is 37.1 Å². The number of carbonyl (C=O) groups is 1. The quantitative estimate of drug-likeness (QED) is 0.759. The SMILES string of the molecule is CCOC(=O)Cc1ccc2ncccc2c1C. The Morgan fingerprint density at radius 1 is 1.35 bits per heavy atom. The van der Waals surface area contributed by atoms with Crippen molar-refractivity contribution < 1.29 is 9.53 Å². The summed E-state index contributed by atoms with van der Waals surface area (Å²) < 4.78 is 4.96. The Hall–Kier alpha value is -1.90. The first kappa shape index (κ1) is 11.6. The Kier molecular flexibility index (Phi) is 3.38. The summed E-state index contributed by atoms with van der Waals surface area (Å²) in [4.78, 5) is 15.7. The number of hydrogen-bond acceptors (Lipinski definition) is 3. The number of nitrogens with zero attached hydrogens (tertiary/aromatic N) is 1. The number of benzene rings is 1. The van der Waals surface area contributed by atoms with Crippen LogP contribution in [0.15, 0.2) is 30.5 Å². The molecule has 0 aliphatic heterocycles. The molecule has 0 unspecified atom stereocenters. The monoisotopic (exact) mass is 229 g/mol. The van der Waals surface area contributed by atoms with E-state index in [-0.39, 0.29) is 5.97 Å². The lowest BCUT2D eigenvalue weighted by molar-refractivity contribution is -0.142. The largest absolute Gasteiger partial charge is 0.466 e. The fourth-order valence-corrected chi connectivity index (χ4v) is 1.90. The molecular weight excluding hydrogens is 214 g/mol. The molecule has 1 heterocycles. The average Bonchev–Trinajstić information content (AvgIpc) is 2.33. The normalized spacial score (nSPS) is 10.5. The van der Waals surface area contributed by atoms with Crippen molar-refractivity contribution in [3.8, 4) is 0 Å². The smallest absolute Gasteiger partial charge is 0.310 e. The molecule has 0 saturated carbocycles. The molecule has 0 fully saturated rings. The highest BCUT2D eigenvalue weighted by Crippen LogP contribution is 2.20. The van der Waals surface area contributed by atoms with Crippen LogP contribution in [0.3, 0.4) is 0 Å². The maximum Gasteiger partial charge on any atom is 0.310 e. The number of rotatable bonds is 3. The van der Waals surface area contributed by atoms with Crippen LogP contribution in [-0.4, -0.2) is 17.6 Å². The molecular formula is C14H15NO2. The lowest BCUT2D eigenvalue weighted by Crippen LogP contribution is -2.08. The van der Waals surface area contributed by atoms with Crippen LogP contribution in [0, 0.1) is 6.92 Å². The first-order chi connectivity index (χ1) is 8.22. The van der Waals surface area contributed by atoms with E-state index in [1.54, 1.807) is 6.20 Å². The summed E-state index contributed by atoms with van der Waals surface area (Å²) in [6.45, 7) is 4.25. The second-order valence-electron chi connectivity index (χ2n) is 3.90. The number of carbonyl (C=O) groups excluding carboxylic acids is 1. The molecule has 2 rings (SSSR count). The predicted octanol–water partition coefficient (Wildman–Crippen LogP) is 2.65. The zero-order chi connectivity index (χ0) is 12.3. The summed E-state index contributed by atoms with van der Waals surface area (Å²) in [6.07, 6.45) is 2.09. The van der Waals surface area contributed by atoms with E-state index in [1.165, 1.54) is 0 Å². The second-order valence-corrected chi connectivity index (χ2v) is 3.90. The Labute approximate surface area is 100 Å². The van der Waals surface area contributed by atoms with Crippen molar-refractivity contribution in [2.24, 2.45) is 0 Å². The minimum atomic E-state index is -0.182. The molecule has 0 aliphatic rings. The molecule has 0 atom stereocenters. The van der Waals surface area contributed by atoms with Gasteiger partial charge in [0.05, 0.1) is 18.5 Å². The summed E-state index contributed by atoms with van der Waals surface area (Å²) in [7, 11) is 0. The van der Waals surface area contributed by atoms with Crippen molar-refractivity contribution in [2.45, 2.75) is 20.3 Å². The van der Waals surface area contributed by atoms with Crippen molar-refractivity contribution >= 4 is 16.9 Å². The van der Waals surface area contributed by atoms with Gasteiger partial charge in [-0.2, -0.15) is 0 Å². The molecule has 0 radical (unpaired) electrons. The summed E-state index contributed by atoms with van der Waals surface area (Å²) >= 11 is 0. The van der Waals surface area contributed by atoms with E-state index in [0.717, 1.165) is 22.0 Å². The molecule has 0 amide bonds. The topological polar surface area (TPSA) is 39.2 Å². The number of aryl methyl sites for hydroxylation is 1. The average molecular weight is 229 g/mol. The number of aromatic nitrogens is 1. The van der Waals surface area contributed by atoms with Gasteiger partial charge >= 0.3 is 5.97 Å². The molecule has 0 bridgehead atoms. The summed E-state index contributed by atoms with van der Waals surface area (Å²) in [5.41, 5.74) is 3.06. The molecule has 88 valence electrons. The van der Waals surface area contributed by atoms with Crippen molar-refractivity contribution in [3.63, 3.8) is 0 Å². The van der Waals surface area contributed by atoms with Crippen LogP contribution in [0.1, 0.15) is 18.1 Å². The third-order valence-electron chi connectivity index (χ3n) is 2.81. The van der Waals surface area contributed by atoms with Crippen LogP contribution < -0.4 is 0 Å². The molecule has 0 saturated heterocycles. The van der Waals surface area contributed by atoms with Crippen LogP contribution in [0.5, 0.6) is 0 Å². The third kappa shape index (κ3) is 2.44. The molecule has 0 aliphatic carbocycles. The fraction of sp³-hybridized carbons (Fsp3) is 0.286. The second kappa shape index (κ2) is 4.95. The summed E-state index contributed by atoms with van der Waals surface area (Å²) in [6, 6.07) is 7.81. The van der Waals surface area contributed by atoms with Gasteiger partial charge < -0.3 is 4.74 Å². The zero-order valence-electron chi connectivity index (χ0n) is 10.1. The van der Waals surface area contributed by atoms with E-state index in [4.69, 9.17) is 4.74 Å². The van der Waals surface area contributed by atoms with Crippen molar-refractivity contribution in [2.75, 3.05) is 6.61 Å². The van der Waals surface area contributed by atoms with Crippen molar-refractivity contribution in [1.29, 1.82) is 0 Å².